The zero-order valence-corrected chi connectivity index (χ0v) is 17.5. The molecule has 8 nitrogen and oxygen atoms in total. The van der Waals surface area contributed by atoms with Gasteiger partial charge in [-0.1, -0.05) is 0 Å². The molecule has 0 radical (unpaired) electrons. The fourth-order valence-corrected chi connectivity index (χ4v) is 3.07. The highest BCUT2D eigenvalue weighted by atomic mass is 32.2. The molecule has 0 saturated heterocycles. The minimum atomic E-state index is -3.61. The van der Waals surface area contributed by atoms with Crippen LogP contribution in [0.2, 0.25) is 0 Å². The molecule has 0 fully saturated rings. The van der Waals surface area contributed by atoms with Crippen molar-refractivity contribution >= 4 is 16.1 Å². The Morgan fingerprint density at radius 3 is 2.33 bits per heavy atom. The van der Waals surface area contributed by atoms with Crippen LogP contribution in [0.5, 0.6) is 5.75 Å². The van der Waals surface area contributed by atoms with Crippen LogP contribution >= 0.6 is 0 Å². The Balaban J connectivity index is 2.44. The van der Waals surface area contributed by atoms with Gasteiger partial charge < -0.3 is 19.1 Å². The summed E-state index contributed by atoms with van der Waals surface area (Å²) in [6, 6.07) is 6.16. The van der Waals surface area contributed by atoms with Crippen molar-refractivity contribution in [2.24, 2.45) is 0 Å². The van der Waals surface area contributed by atoms with Gasteiger partial charge in [-0.15, -0.1) is 0 Å². The number of rotatable bonds is 10. The standard InChI is InChI=1S/C18H30N2O6S/c1-18(2,3)26-17(21)20(4)12-6-11-19-27(22,23)16-9-7-15(8-10-16)25-14-13-24-5/h7-10,19H,6,11-14H2,1-5H3. The van der Waals surface area contributed by atoms with E-state index in [9.17, 15) is 13.2 Å². The van der Waals surface area contributed by atoms with E-state index >= 15 is 0 Å². The molecule has 0 saturated carbocycles. The number of carbonyl (C=O) groups excluding carboxylic acids is 1. The van der Waals surface area contributed by atoms with Crippen LogP contribution < -0.4 is 9.46 Å². The van der Waals surface area contributed by atoms with Gasteiger partial charge in [0.25, 0.3) is 0 Å². The first kappa shape index (κ1) is 23.2. The van der Waals surface area contributed by atoms with E-state index in [-0.39, 0.29) is 11.4 Å². The topological polar surface area (TPSA) is 94.2 Å². The van der Waals surface area contributed by atoms with Gasteiger partial charge in [0, 0.05) is 27.2 Å². The third-order valence-corrected chi connectivity index (χ3v) is 4.83. The molecule has 1 rings (SSSR count). The molecule has 1 amide bonds. The molecule has 0 aliphatic rings. The van der Waals surface area contributed by atoms with Gasteiger partial charge >= 0.3 is 6.09 Å². The lowest BCUT2D eigenvalue weighted by atomic mass is 10.2. The molecule has 1 N–H and O–H groups in total. The lowest BCUT2D eigenvalue weighted by molar-refractivity contribution is 0.0298. The maximum atomic E-state index is 12.3. The molecule has 0 unspecified atom stereocenters. The van der Waals surface area contributed by atoms with E-state index in [4.69, 9.17) is 14.2 Å². The van der Waals surface area contributed by atoms with Crippen molar-refractivity contribution in [1.82, 2.24) is 9.62 Å². The molecular weight excluding hydrogens is 372 g/mol. The molecule has 1 aromatic carbocycles. The predicted octanol–water partition coefficient (Wildman–Crippen LogP) is 2.25. The van der Waals surface area contributed by atoms with Gasteiger partial charge in [0.1, 0.15) is 18.0 Å². The number of hydrogen-bond donors (Lipinski definition) is 1. The van der Waals surface area contributed by atoms with Gasteiger partial charge in [0.05, 0.1) is 11.5 Å². The van der Waals surface area contributed by atoms with Crippen LogP contribution in [0, 0.1) is 0 Å². The number of hydrogen-bond acceptors (Lipinski definition) is 6. The van der Waals surface area contributed by atoms with Gasteiger partial charge in [0.15, 0.2) is 0 Å². The summed E-state index contributed by atoms with van der Waals surface area (Å²) < 4.78 is 42.6. The molecule has 0 atom stereocenters. The molecular formula is C18H30N2O6S. The highest BCUT2D eigenvalue weighted by Crippen LogP contribution is 2.16. The number of nitrogens with one attached hydrogen (secondary N) is 1. The van der Waals surface area contributed by atoms with Gasteiger partial charge in [0.2, 0.25) is 10.0 Å². The van der Waals surface area contributed by atoms with Crippen LogP contribution in [0.4, 0.5) is 4.79 Å². The zero-order valence-electron chi connectivity index (χ0n) is 16.6. The Hall–Kier alpha value is -1.84. The minimum Gasteiger partial charge on any atom is -0.491 e. The molecule has 0 heterocycles. The van der Waals surface area contributed by atoms with Crippen molar-refractivity contribution < 1.29 is 27.4 Å². The second kappa shape index (κ2) is 10.5. The second-order valence-electron chi connectivity index (χ2n) is 6.97. The quantitative estimate of drug-likeness (QED) is 0.603. The van der Waals surface area contributed by atoms with Gasteiger partial charge in [-0.3, -0.25) is 0 Å². The number of carbonyl (C=O) groups is 1. The smallest absolute Gasteiger partial charge is 0.410 e. The average molecular weight is 403 g/mol. The maximum absolute atomic E-state index is 12.3. The average Bonchev–Trinajstić information content (AvgIpc) is 2.58. The minimum absolute atomic E-state index is 0.155. The van der Waals surface area contributed by atoms with E-state index in [0.29, 0.717) is 31.9 Å². The second-order valence-corrected chi connectivity index (χ2v) is 8.73. The van der Waals surface area contributed by atoms with Crippen molar-refractivity contribution in [3.63, 3.8) is 0 Å². The largest absolute Gasteiger partial charge is 0.491 e. The fraction of sp³-hybridized carbons (Fsp3) is 0.611. The Labute approximate surface area is 161 Å². The summed E-state index contributed by atoms with van der Waals surface area (Å²) in [5.74, 6) is 0.574. The van der Waals surface area contributed by atoms with E-state index in [1.165, 1.54) is 17.0 Å². The Bertz CT molecular complexity index is 683. The van der Waals surface area contributed by atoms with Gasteiger partial charge in [-0.05, 0) is 51.5 Å². The van der Waals surface area contributed by atoms with Crippen LogP contribution in [0.3, 0.4) is 0 Å². The van der Waals surface area contributed by atoms with Crippen molar-refractivity contribution in [2.75, 3.05) is 40.5 Å². The van der Waals surface area contributed by atoms with Gasteiger partial charge in [-0.2, -0.15) is 0 Å². The first-order valence-corrected chi connectivity index (χ1v) is 10.2. The van der Waals surface area contributed by atoms with E-state index in [0.717, 1.165) is 0 Å². The highest BCUT2D eigenvalue weighted by Gasteiger charge is 2.19. The van der Waals surface area contributed by atoms with Crippen LogP contribution in [-0.2, 0) is 19.5 Å². The van der Waals surface area contributed by atoms with E-state index in [1.54, 1.807) is 47.1 Å². The molecule has 0 aliphatic heterocycles. The summed E-state index contributed by atoms with van der Waals surface area (Å²) in [5, 5.41) is 0. The number of methoxy groups -OCH3 is 1. The normalized spacial score (nSPS) is 11.9. The molecule has 27 heavy (non-hydrogen) atoms. The maximum Gasteiger partial charge on any atom is 0.410 e. The summed E-state index contributed by atoms with van der Waals surface area (Å²) in [6.45, 7) is 6.82. The monoisotopic (exact) mass is 402 g/mol. The van der Waals surface area contributed by atoms with E-state index in [1.807, 2.05) is 0 Å². The number of ether oxygens (including phenoxy) is 3. The molecule has 0 aromatic heterocycles. The Kier molecular flexibility index (Phi) is 9.01. The van der Waals surface area contributed by atoms with Crippen molar-refractivity contribution in [3.8, 4) is 5.75 Å². The van der Waals surface area contributed by atoms with E-state index in [2.05, 4.69) is 4.72 Å². The molecule has 1 aromatic rings. The summed E-state index contributed by atoms with van der Waals surface area (Å²) in [7, 11) is -0.419. The molecule has 9 heteroatoms. The van der Waals surface area contributed by atoms with Crippen molar-refractivity contribution in [3.05, 3.63) is 24.3 Å². The third-order valence-electron chi connectivity index (χ3n) is 3.36. The Morgan fingerprint density at radius 1 is 1.15 bits per heavy atom. The number of amides is 1. The van der Waals surface area contributed by atoms with Crippen LogP contribution in [0.1, 0.15) is 27.2 Å². The molecule has 0 spiro atoms. The van der Waals surface area contributed by atoms with E-state index < -0.39 is 21.7 Å². The first-order valence-electron chi connectivity index (χ1n) is 8.71. The summed E-state index contributed by atoms with van der Waals surface area (Å²) in [4.78, 5) is 13.4. The third kappa shape index (κ3) is 9.07. The Morgan fingerprint density at radius 2 is 1.78 bits per heavy atom. The van der Waals surface area contributed by atoms with Crippen LogP contribution in [0.25, 0.3) is 0 Å². The lowest BCUT2D eigenvalue weighted by Crippen LogP contribution is -2.36. The van der Waals surface area contributed by atoms with Gasteiger partial charge in [-0.25, -0.2) is 17.9 Å². The van der Waals surface area contributed by atoms with Crippen LogP contribution in [0.15, 0.2) is 29.2 Å². The predicted molar refractivity (Wildman–Crippen MR) is 102 cm³/mol. The van der Waals surface area contributed by atoms with Crippen molar-refractivity contribution in [2.45, 2.75) is 37.7 Å². The lowest BCUT2D eigenvalue weighted by Gasteiger charge is -2.24. The van der Waals surface area contributed by atoms with Crippen LogP contribution in [-0.4, -0.2) is 65.5 Å². The highest BCUT2D eigenvalue weighted by molar-refractivity contribution is 7.89. The first-order chi connectivity index (χ1) is 12.5. The molecule has 0 bridgehead atoms. The summed E-state index contributed by atoms with van der Waals surface area (Å²) in [5.41, 5.74) is -0.563. The summed E-state index contributed by atoms with van der Waals surface area (Å²) in [6.07, 6.45) is 0.0297. The molecule has 154 valence electrons. The zero-order chi connectivity index (χ0) is 20.5. The number of sulfonamides is 1. The SMILES string of the molecule is COCCOc1ccc(S(=O)(=O)NCCCN(C)C(=O)OC(C)(C)C)cc1. The number of benzene rings is 1. The molecule has 0 aliphatic carbocycles. The fourth-order valence-electron chi connectivity index (χ4n) is 2.00. The summed E-state index contributed by atoms with van der Waals surface area (Å²) >= 11 is 0. The van der Waals surface area contributed by atoms with Crippen molar-refractivity contribution in [1.29, 1.82) is 0 Å². The number of nitrogens with zero attached hydrogens (tertiary/aromatic N) is 1.